The predicted octanol–water partition coefficient (Wildman–Crippen LogP) is 0.141. The van der Waals surface area contributed by atoms with E-state index in [9.17, 15) is 61.0 Å². The molecule has 18 heteroatoms. The lowest BCUT2D eigenvalue weighted by atomic mass is 9.33. The quantitative estimate of drug-likeness (QED) is 0.0833. The fourth-order valence-electron chi connectivity index (χ4n) is 15.0. The molecular formula is C48H78O18. The minimum atomic E-state index is -1.79. The summed E-state index contributed by atoms with van der Waals surface area (Å²) in [4.78, 5) is 14.7. The third-order valence-electron chi connectivity index (χ3n) is 19.3. The van der Waals surface area contributed by atoms with Crippen LogP contribution in [0.25, 0.3) is 0 Å². The van der Waals surface area contributed by atoms with Gasteiger partial charge in [-0.3, -0.25) is 4.79 Å². The average Bonchev–Trinajstić information content (AvgIpc) is 3.26. The second-order valence-corrected chi connectivity index (χ2v) is 23.5. The van der Waals surface area contributed by atoms with Gasteiger partial charge in [-0.25, -0.2) is 0 Å². The maximum Gasteiger partial charge on any atom is 0.315 e. The van der Waals surface area contributed by atoms with Crippen molar-refractivity contribution in [1.82, 2.24) is 0 Å². The first-order valence-corrected chi connectivity index (χ1v) is 24.3. The zero-order valence-electron chi connectivity index (χ0n) is 39.5. The molecule has 3 saturated heterocycles. The van der Waals surface area contributed by atoms with Crippen molar-refractivity contribution in [3.8, 4) is 0 Å². The van der Waals surface area contributed by atoms with Crippen LogP contribution in [0.1, 0.15) is 113 Å². The van der Waals surface area contributed by atoms with Crippen LogP contribution < -0.4 is 0 Å². The van der Waals surface area contributed by atoms with Gasteiger partial charge in [-0.2, -0.15) is 0 Å². The number of fused-ring (bicyclic) bond motifs is 7. The van der Waals surface area contributed by atoms with Crippen molar-refractivity contribution in [3.05, 3.63) is 11.6 Å². The van der Waals surface area contributed by atoms with Crippen LogP contribution in [0.15, 0.2) is 11.6 Å². The van der Waals surface area contributed by atoms with E-state index in [2.05, 4.69) is 54.5 Å². The van der Waals surface area contributed by atoms with E-state index in [4.69, 9.17) is 28.4 Å². The highest BCUT2D eigenvalue weighted by Crippen LogP contribution is 2.76. The van der Waals surface area contributed by atoms with Crippen molar-refractivity contribution in [2.24, 2.45) is 50.2 Å². The van der Waals surface area contributed by atoms with Crippen LogP contribution in [0.3, 0.4) is 0 Å². The van der Waals surface area contributed by atoms with Gasteiger partial charge in [0, 0.05) is 0 Å². The van der Waals surface area contributed by atoms with Crippen LogP contribution in [0, 0.1) is 50.2 Å². The Morgan fingerprint density at radius 2 is 1.15 bits per heavy atom. The lowest BCUT2D eigenvalue weighted by Gasteiger charge is -2.71. The average molecular weight is 943 g/mol. The van der Waals surface area contributed by atoms with Crippen molar-refractivity contribution in [1.29, 1.82) is 0 Å². The number of rotatable bonds is 9. The standard InChI is InChI=1S/C48H78O18/c1-43(2)14-16-48(42(60)66-40-36(58)34(56)31(53)25(20-50)62-40)17-15-46(6)22(23(48)18-43)8-9-28-45(5)12-11-29(44(3,4)27(45)10-13-47(28,46)7)64-41-37(59)38(32(54)26(21-51)63-41)65-39-35(57)33(55)30(52)24(19-49)61-39/h8,23-41,49-59H,9-21H2,1-7H3/t23-,24+,25+,26+,27-,28+,29-,30-,31+,32+,33-,34-,35+,36+,37+,38-,39-,40+,41-,45-,46+,47+,48-/m0/s1. The lowest BCUT2D eigenvalue weighted by molar-refractivity contribution is -0.369. The van der Waals surface area contributed by atoms with Gasteiger partial charge in [0.15, 0.2) is 12.6 Å². The van der Waals surface area contributed by atoms with Crippen molar-refractivity contribution < 1.29 is 89.4 Å². The van der Waals surface area contributed by atoms with Crippen molar-refractivity contribution >= 4 is 5.97 Å². The van der Waals surface area contributed by atoms with Gasteiger partial charge in [-0.1, -0.05) is 60.1 Å². The van der Waals surface area contributed by atoms with E-state index in [1.54, 1.807) is 0 Å². The minimum absolute atomic E-state index is 0.0581. The fourth-order valence-corrected chi connectivity index (χ4v) is 15.0. The Balaban J connectivity index is 1.02. The Labute approximate surface area is 387 Å². The highest BCUT2D eigenvalue weighted by molar-refractivity contribution is 5.79. The molecule has 0 aromatic rings. The number of allylic oxidation sites excluding steroid dienone is 2. The zero-order valence-corrected chi connectivity index (χ0v) is 39.5. The first kappa shape index (κ1) is 50.9. The smallest absolute Gasteiger partial charge is 0.315 e. The van der Waals surface area contributed by atoms with E-state index in [1.165, 1.54) is 5.57 Å². The van der Waals surface area contributed by atoms with E-state index < -0.39 is 135 Å². The highest BCUT2D eigenvalue weighted by atomic mass is 16.7. The summed E-state index contributed by atoms with van der Waals surface area (Å²) in [6, 6.07) is 0. The van der Waals surface area contributed by atoms with Crippen molar-refractivity contribution in [2.45, 2.75) is 211 Å². The van der Waals surface area contributed by atoms with Crippen LogP contribution in [0.4, 0.5) is 0 Å². The third-order valence-corrected chi connectivity index (χ3v) is 19.3. The van der Waals surface area contributed by atoms with Gasteiger partial charge >= 0.3 is 5.97 Å². The van der Waals surface area contributed by atoms with Gasteiger partial charge < -0.3 is 84.6 Å². The molecule has 18 nitrogen and oxygen atoms in total. The van der Waals surface area contributed by atoms with Crippen LogP contribution in [-0.2, 0) is 33.2 Å². The van der Waals surface area contributed by atoms with Gasteiger partial charge in [0.1, 0.15) is 73.2 Å². The molecule has 5 aliphatic carbocycles. The second-order valence-electron chi connectivity index (χ2n) is 23.5. The summed E-state index contributed by atoms with van der Waals surface area (Å²) in [5, 5.41) is 116. The molecule has 0 spiro atoms. The summed E-state index contributed by atoms with van der Waals surface area (Å²) in [5.41, 5.74) is -0.674. The molecule has 23 atom stereocenters. The van der Waals surface area contributed by atoms with Gasteiger partial charge in [-0.05, 0) is 109 Å². The first-order chi connectivity index (χ1) is 30.9. The van der Waals surface area contributed by atoms with Crippen LogP contribution in [0.2, 0.25) is 0 Å². The molecule has 0 radical (unpaired) electrons. The molecule has 7 fully saturated rings. The number of carbonyl (C=O) groups excluding carboxylic acids is 1. The number of hydrogen-bond acceptors (Lipinski definition) is 18. The second kappa shape index (κ2) is 18.0. The summed E-state index contributed by atoms with van der Waals surface area (Å²) in [6.45, 7) is 14.1. The number of hydrogen-bond donors (Lipinski definition) is 11. The first-order valence-electron chi connectivity index (χ1n) is 24.3. The molecule has 0 aromatic carbocycles. The number of carbonyl (C=O) groups is 1. The number of aliphatic hydroxyl groups is 11. The molecule has 11 N–H and O–H groups in total. The molecule has 378 valence electrons. The molecule has 0 amide bonds. The van der Waals surface area contributed by atoms with E-state index in [1.807, 2.05) is 0 Å². The van der Waals surface area contributed by atoms with Crippen molar-refractivity contribution in [3.63, 3.8) is 0 Å². The van der Waals surface area contributed by atoms with Gasteiger partial charge in [0.2, 0.25) is 6.29 Å². The molecule has 66 heavy (non-hydrogen) atoms. The molecular weight excluding hydrogens is 865 g/mol. The largest absolute Gasteiger partial charge is 0.432 e. The lowest BCUT2D eigenvalue weighted by Crippen LogP contribution is -2.67. The minimum Gasteiger partial charge on any atom is -0.432 e. The normalized spacial score (nSPS) is 53.3. The fraction of sp³-hybridized carbons (Fsp3) is 0.938. The Hall–Kier alpha value is -1.43. The molecule has 3 heterocycles. The highest BCUT2D eigenvalue weighted by Gasteiger charge is 2.70. The molecule has 0 bridgehead atoms. The summed E-state index contributed by atoms with van der Waals surface area (Å²) in [7, 11) is 0. The number of esters is 1. The van der Waals surface area contributed by atoms with E-state index in [0.717, 1.165) is 44.9 Å². The molecule has 4 saturated carbocycles. The van der Waals surface area contributed by atoms with Crippen molar-refractivity contribution in [2.75, 3.05) is 19.8 Å². The molecule has 0 aromatic heterocycles. The number of ether oxygens (including phenoxy) is 6. The Morgan fingerprint density at radius 1 is 0.606 bits per heavy atom. The predicted molar refractivity (Wildman–Crippen MR) is 230 cm³/mol. The van der Waals surface area contributed by atoms with E-state index in [-0.39, 0.29) is 39.4 Å². The van der Waals surface area contributed by atoms with Gasteiger partial charge in [0.25, 0.3) is 0 Å². The molecule has 3 aliphatic heterocycles. The molecule has 8 aliphatic rings. The van der Waals surface area contributed by atoms with Gasteiger partial charge in [0.05, 0.1) is 31.3 Å². The Kier molecular flexibility index (Phi) is 13.9. The summed E-state index contributed by atoms with van der Waals surface area (Å²) < 4.78 is 35.7. The monoisotopic (exact) mass is 943 g/mol. The maximum atomic E-state index is 14.7. The Morgan fingerprint density at radius 3 is 1.76 bits per heavy atom. The summed E-state index contributed by atoms with van der Waals surface area (Å²) in [5.74, 6) is -0.189. The summed E-state index contributed by atoms with van der Waals surface area (Å²) in [6.07, 6.45) is -13.7. The number of aliphatic hydroxyl groups excluding tert-OH is 11. The topological polar surface area (TPSA) is 295 Å². The maximum absolute atomic E-state index is 14.7. The third kappa shape index (κ3) is 7.87. The molecule has 8 rings (SSSR count). The summed E-state index contributed by atoms with van der Waals surface area (Å²) >= 11 is 0. The van der Waals surface area contributed by atoms with Crippen LogP contribution in [0.5, 0.6) is 0 Å². The van der Waals surface area contributed by atoms with Crippen LogP contribution in [-0.4, -0.2) is 180 Å². The SMILES string of the molecule is CC1(C)CC[C@]2(C(=O)O[C@H]3O[C@H](CO)[C@@H](O)[C@H](O)[C@H]3O)CC[C@]3(C)C(=CC[C@@H]4[C@@]5(C)CC[C@H](O[C@@H]6O[C@H](CO)[C@@H](O)[C@H](O[C@@H]7O[C@H](CO)[C@H](O)[C@H](O)[C@H]7O)[C@H]6O)C(C)(C)[C@@H]5CC[C@]43C)[C@@H]2C1. The molecule has 0 unspecified atom stereocenters. The van der Waals surface area contributed by atoms with E-state index in [0.29, 0.717) is 19.3 Å². The zero-order chi connectivity index (χ0) is 48.3. The van der Waals surface area contributed by atoms with Gasteiger partial charge in [-0.15, -0.1) is 0 Å². The van der Waals surface area contributed by atoms with Crippen LogP contribution >= 0.6 is 0 Å². The van der Waals surface area contributed by atoms with E-state index >= 15 is 0 Å². The Bertz CT molecular complexity index is 1790.